The number of anilines is 2. The van der Waals surface area contributed by atoms with Crippen molar-refractivity contribution in [2.45, 2.75) is 6.54 Å². The molecule has 6 nitrogen and oxygen atoms in total. The quantitative estimate of drug-likeness (QED) is 0.846. The van der Waals surface area contributed by atoms with Crippen molar-refractivity contribution < 1.29 is 9.53 Å². The number of benzene rings is 1. The third kappa shape index (κ3) is 1.50. The standard InChI is InChI=1S/C12H12N4O2/c1-18-10-5-3-2-4-9(10)16-11-8(7-14-15-11)6-13-12(16)17/h2-5,7H,6H2,1H3,(H,13,17)(H,14,15). The summed E-state index contributed by atoms with van der Waals surface area (Å²) in [7, 11) is 1.58. The van der Waals surface area contributed by atoms with Crippen molar-refractivity contribution in [2.24, 2.45) is 0 Å². The topological polar surface area (TPSA) is 70.2 Å². The molecule has 2 N–H and O–H groups in total. The highest BCUT2D eigenvalue weighted by Gasteiger charge is 2.29. The summed E-state index contributed by atoms with van der Waals surface area (Å²) in [6.07, 6.45) is 1.77. The van der Waals surface area contributed by atoms with Crippen LogP contribution < -0.4 is 15.0 Å². The molecule has 6 heteroatoms. The smallest absolute Gasteiger partial charge is 0.328 e. The minimum absolute atomic E-state index is 0.209. The van der Waals surface area contributed by atoms with Gasteiger partial charge in [-0.05, 0) is 12.1 Å². The van der Waals surface area contributed by atoms with Crippen LogP contribution in [0.1, 0.15) is 5.56 Å². The first-order valence-corrected chi connectivity index (χ1v) is 5.55. The minimum Gasteiger partial charge on any atom is -0.495 e. The fraction of sp³-hybridized carbons (Fsp3) is 0.167. The Bertz CT molecular complexity index is 593. The van der Waals surface area contributed by atoms with Crippen LogP contribution in [0.15, 0.2) is 30.5 Å². The van der Waals surface area contributed by atoms with Gasteiger partial charge in [0.2, 0.25) is 0 Å². The number of carbonyl (C=O) groups is 1. The molecule has 2 heterocycles. The van der Waals surface area contributed by atoms with Gasteiger partial charge in [-0.25, -0.2) is 9.69 Å². The third-order valence-corrected chi connectivity index (χ3v) is 2.87. The number of methoxy groups -OCH3 is 1. The summed E-state index contributed by atoms with van der Waals surface area (Å²) >= 11 is 0. The lowest BCUT2D eigenvalue weighted by Crippen LogP contribution is -2.41. The van der Waals surface area contributed by atoms with Crippen LogP contribution in [-0.4, -0.2) is 23.3 Å². The molecule has 2 amide bonds. The molecule has 1 aromatic carbocycles. The van der Waals surface area contributed by atoms with E-state index in [1.807, 2.05) is 24.3 Å². The van der Waals surface area contributed by atoms with E-state index in [1.54, 1.807) is 13.3 Å². The van der Waals surface area contributed by atoms with Crippen LogP contribution in [0.4, 0.5) is 16.3 Å². The number of nitrogens with one attached hydrogen (secondary N) is 2. The van der Waals surface area contributed by atoms with Crippen LogP contribution in [0.5, 0.6) is 5.75 Å². The van der Waals surface area contributed by atoms with Crippen molar-refractivity contribution in [1.82, 2.24) is 15.5 Å². The maximum Gasteiger partial charge on any atom is 0.328 e. The van der Waals surface area contributed by atoms with E-state index in [0.29, 0.717) is 23.8 Å². The molecule has 2 aromatic rings. The van der Waals surface area contributed by atoms with E-state index >= 15 is 0 Å². The Hall–Kier alpha value is -2.50. The monoisotopic (exact) mass is 244 g/mol. The predicted molar refractivity (Wildman–Crippen MR) is 66.0 cm³/mol. The molecule has 92 valence electrons. The van der Waals surface area contributed by atoms with Crippen molar-refractivity contribution in [3.05, 3.63) is 36.0 Å². The van der Waals surface area contributed by atoms with E-state index in [9.17, 15) is 4.79 Å². The fourth-order valence-corrected chi connectivity index (χ4v) is 2.02. The fourth-order valence-electron chi connectivity index (χ4n) is 2.02. The van der Waals surface area contributed by atoms with Crippen LogP contribution in [0.3, 0.4) is 0 Å². The number of hydrogen-bond donors (Lipinski definition) is 2. The number of rotatable bonds is 2. The van der Waals surface area contributed by atoms with Crippen molar-refractivity contribution in [3.63, 3.8) is 0 Å². The zero-order chi connectivity index (χ0) is 12.5. The van der Waals surface area contributed by atoms with E-state index in [2.05, 4.69) is 15.5 Å². The maximum atomic E-state index is 12.0. The number of fused-ring (bicyclic) bond motifs is 1. The molecule has 18 heavy (non-hydrogen) atoms. The molecule has 1 aliphatic heterocycles. The maximum absolute atomic E-state index is 12.0. The van der Waals surface area contributed by atoms with Crippen molar-refractivity contribution in [3.8, 4) is 5.75 Å². The van der Waals surface area contributed by atoms with Crippen LogP contribution in [-0.2, 0) is 6.54 Å². The second-order valence-electron chi connectivity index (χ2n) is 3.90. The van der Waals surface area contributed by atoms with Gasteiger partial charge in [0.1, 0.15) is 5.75 Å². The van der Waals surface area contributed by atoms with Crippen molar-refractivity contribution in [2.75, 3.05) is 12.0 Å². The van der Waals surface area contributed by atoms with Gasteiger partial charge in [0.05, 0.1) is 12.8 Å². The van der Waals surface area contributed by atoms with Crippen LogP contribution in [0.2, 0.25) is 0 Å². The van der Waals surface area contributed by atoms with E-state index in [0.717, 1.165) is 5.56 Å². The molecule has 0 saturated carbocycles. The zero-order valence-corrected chi connectivity index (χ0v) is 9.80. The second kappa shape index (κ2) is 4.06. The molecular weight excluding hydrogens is 232 g/mol. The average molecular weight is 244 g/mol. The Morgan fingerprint density at radius 2 is 2.22 bits per heavy atom. The van der Waals surface area contributed by atoms with Gasteiger partial charge in [0, 0.05) is 18.3 Å². The molecule has 3 rings (SSSR count). The predicted octanol–water partition coefficient (Wildman–Crippen LogP) is 1.78. The lowest BCUT2D eigenvalue weighted by molar-refractivity contribution is 0.246. The van der Waals surface area contributed by atoms with Gasteiger partial charge in [0.15, 0.2) is 5.82 Å². The number of carbonyl (C=O) groups excluding carboxylic acids is 1. The highest BCUT2D eigenvalue weighted by atomic mass is 16.5. The van der Waals surface area contributed by atoms with Gasteiger partial charge in [-0.3, -0.25) is 5.10 Å². The average Bonchev–Trinajstić information content (AvgIpc) is 2.87. The number of para-hydroxylation sites is 2. The highest BCUT2D eigenvalue weighted by molar-refractivity contribution is 6.01. The normalized spacial score (nSPS) is 14.1. The first-order chi connectivity index (χ1) is 8.81. The Balaban J connectivity index is 2.14. The number of aromatic nitrogens is 2. The first-order valence-electron chi connectivity index (χ1n) is 5.55. The molecular formula is C12H12N4O2. The highest BCUT2D eigenvalue weighted by Crippen LogP contribution is 2.35. The number of hydrogen-bond acceptors (Lipinski definition) is 3. The molecule has 0 bridgehead atoms. The Kier molecular flexibility index (Phi) is 2.40. The molecule has 1 aromatic heterocycles. The summed E-state index contributed by atoms with van der Waals surface area (Å²) in [5, 5.41) is 9.69. The lowest BCUT2D eigenvalue weighted by atomic mass is 10.2. The molecule has 0 fully saturated rings. The summed E-state index contributed by atoms with van der Waals surface area (Å²) in [5.41, 5.74) is 1.62. The second-order valence-corrected chi connectivity index (χ2v) is 3.90. The van der Waals surface area contributed by atoms with Gasteiger partial charge in [-0.1, -0.05) is 12.1 Å². The number of urea groups is 1. The number of nitrogens with zero attached hydrogens (tertiary/aromatic N) is 2. The Morgan fingerprint density at radius 1 is 1.39 bits per heavy atom. The van der Waals surface area contributed by atoms with Gasteiger partial charge in [-0.2, -0.15) is 5.10 Å². The van der Waals surface area contributed by atoms with E-state index < -0.39 is 0 Å². The summed E-state index contributed by atoms with van der Waals surface area (Å²) in [5.74, 6) is 1.24. The molecule has 0 radical (unpaired) electrons. The lowest BCUT2D eigenvalue weighted by Gasteiger charge is -2.27. The van der Waals surface area contributed by atoms with Crippen LogP contribution >= 0.6 is 0 Å². The Morgan fingerprint density at radius 3 is 3.06 bits per heavy atom. The molecule has 0 spiro atoms. The summed E-state index contributed by atoms with van der Waals surface area (Å²) in [4.78, 5) is 13.5. The largest absolute Gasteiger partial charge is 0.495 e. The first kappa shape index (κ1) is 10.6. The SMILES string of the molecule is COc1ccccc1N1C(=O)NCc2c[nH]nc21. The van der Waals surface area contributed by atoms with Gasteiger partial charge in [0.25, 0.3) is 0 Å². The van der Waals surface area contributed by atoms with Gasteiger partial charge < -0.3 is 10.1 Å². The number of ether oxygens (including phenoxy) is 1. The van der Waals surface area contributed by atoms with E-state index in [-0.39, 0.29) is 6.03 Å². The van der Waals surface area contributed by atoms with Gasteiger partial charge >= 0.3 is 6.03 Å². The molecule has 1 aliphatic rings. The molecule has 0 atom stereocenters. The van der Waals surface area contributed by atoms with E-state index in [1.165, 1.54) is 4.90 Å². The van der Waals surface area contributed by atoms with E-state index in [4.69, 9.17) is 4.74 Å². The van der Waals surface area contributed by atoms with Crippen LogP contribution in [0, 0.1) is 0 Å². The van der Waals surface area contributed by atoms with Crippen LogP contribution in [0.25, 0.3) is 0 Å². The molecule has 0 unspecified atom stereocenters. The summed E-state index contributed by atoms with van der Waals surface area (Å²) < 4.78 is 5.28. The minimum atomic E-state index is -0.209. The number of aromatic amines is 1. The Labute approximate surface area is 104 Å². The number of H-pyrrole nitrogens is 1. The zero-order valence-electron chi connectivity index (χ0n) is 9.80. The van der Waals surface area contributed by atoms with Crippen molar-refractivity contribution in [1.29, 1.82) is 0 Å². The van der Waals surface area contributed by atoms with Crippen molar-refractivity contribution >= 4 is 17.5 Å². The summed E-state index contributed by atoms with van der Waals surface area (Å²) in [6.45, 7) is 0.482. The molecule has 0 aliphatic carbocycles. The molecule has 0 saturated heterocycles. The number of amides is 2. The third-order valence-electron chi connectivity index (χ3n) is 2.87. The van der Waals surface area contributed by atoms with Gasteiger partial charge in [-0.15, -0.1) is 0 Å². The summed E-state index contributed by atoms with van der Waals surface area (Å²) in [6, 6.07) is 7.13.